The molecule has 1 saturated carbocycles. The minimum absolute atomic E-state index is 0.0776. The molecule has 2 aliphatic carbocycles. The third-order valence-electron chi connectivity index (χ3n) is 9.84. The minimum atomic E-state index is -1.95. The Hall–Kier alpha value is -3.50. The van der Waals surface area contributed by atoms with Gasteiger partial charge in [-0.3, -0.25) is 4.79 Å². The first-order valence-corrected chi connectivity index (χ1v) is 13.1. The van der Waals surface area contributed by atoms with E-state index in [1.165, 1.54) is 34.5 Å². The maximum Gasteiger partial charge on any atom is 0.343 e. The summed E-state index contributed by atoms with van der Waals surface area (Å²) in [6.45, 7) is 6.84. The molecule has 0 radical (unpaired) electrons. The zero-order valence-corrected chi connectivity index (χ0v) is 24.1. The van der Waals surface area contributed by atoms with Crippen LogP contribution in [0.1, 0.15) is 46.1 Å². The number of methoxy groups -OCH3 is 4. The number of allylic oxidation sites excluding steroid dienone is 1. The van der Waals surface area contributed by atoms with E-state index < -0.39 is 39.0 Å². The molecule has 2 aromatic rings. The zero-order valence-electron chi connectivity index (χ0n) is 24.1. The van der Waals surface area contributed by atoms with E-state index in [9.17, 15) is 19.8 Å². The van der Waals surface area contributed by atoms with Gasteiger partial charge in [0, 0.05) is 24.1 Å². The minimum Gasteiger partial charge on any atom is -0.500 e. The van der Waals surface area contributed by atoms with Gasteiger partial charge < -0.3 is 38.3 Å². The molecule has 0 spiro atoms. The lowest BCUT2D eigenvalue weighted by molar-refractivity contribution is -0.302. The van der Waals surface area contributed by atoms with Crippen LogP contribution in [0, 0.1) is 10.8 Å². The number of hydrogen-bond donors (Lipinski definition) is 2. The van der Waals surface area contributed by atoms with E-state index in [1.54, 1.807) is 45.9 Å². The molecule has 1 fully saturated rings. The van der Waals surface area contributed by atoms with Crippen molar-refractivity contribution in [3.05, 3.63) is 46.0 Å². The smallest absolute Gasteiger partial charge is 0.343 e. The number of ketones is 1. The number of carbonyl (C=O) groups is 1. The summed E-state index contributed by atoms with van der Waals surface area (Å²) in [6, 6.07) is 4.88. The standard InChI is InChI=1S/C30H36O10/c1-26(2)23(37-7)14-22(31)28(4)29(26,33)10-9-27(3)30(28,34)15-17-19(40-27)13-18(39-25(17)32)16-11-20(35-5)24(38-8)21(12-16)36-6/h11-14,33-34H,9-10,15H2,1-8H3/t27-,28+,29-,30-/m1/s1. The maximum absolute atomic E-state index is 13.8. The van der Waals surface area contributed by atoms with Crippen molar-refractivity contribution >= 4 is 5.78 Å². The fraction of sp³-hybridized carbons (Fsp3) is 0.533. The summed E-state index contributed by atoms with van der Waals surface area (Å²) in [7, 11) is 5.91. The number of ether oxygens (including phenoxy) is 5. The third-order valence-corrected chi connectivity index (χ3v) is 9.84. The summed E-state index contributed by atoms with van der Waals surface area (Å²) in [4.78, 5) is 27.2. The van der Waals surface area contributed by atoms with Crippen molar-refractivity contribution in [3.8, 4) is 34.3 Å². The Morgan fingerprint density at radius 2 is 1.45 bits per heavy atom. The summed E-state index contributed by atoms with van der Waals surface area (Å²) in [5, 5.41) is 24.7. The Balaban J connectivity index is 1.67. The molecule has 2 N–H and O–H groups in total. The molecule has 1 aliphatic heterocycles. The highest BCUT2D eigenvalue weighted by molar-refractivity contribution is 5.99. The molecular weight excluding hydrogens is 520 g/mol. The number of aliphatic hydroxyl groups is 2. The van der Waals surface area contributed by atoms with Crippen molar-refractivity contribution < 1.29 is 43.1 Å². The quantitative estimate of drug-likeness (QED) is 0.564. The van der Waals surface area contributed by atoms with Crippen LogP contribution in [0.25, 0.3) is 11.3 Å². The molecule has 0 bridgehead atoms. The third kappa shape index (κ3) is 3.23. The molecule has 4 atom stereocenters. The fourth-order valence-corrected chi connectivity index (χ4v) is 7.17. The first-order chi connectivity index (χ1) is 18.7. The van der Waals surface area contributed by atoms with Crippen molar-refractivity contribution in [2.24, 2.45) is 10.8 Å². The van der Waals surface area contributed by atoms with E-state index in [4.69, 9.17) is 28.1 Å². The Kier molecular flexibility index (Phi) is 6.13. The first kappa shape index (κ1) is 28.0. The van der Waals surface area contributed by atoms with E-state index in [0.717, 1.165) is 0 Å². The highest BCUT2D eigenvalue weighted by Crippen LogP contribution is 2.66. The number of hydrogen-bond acceptors (Lipinski definition) is 10. The van der Waals surface area contributed by atoms with Gasteiger partial charge in [0.2, 0.25) is 5.75 Å². The number of carbonyl (C=O) groups excluding carboxylic acids is 1. The van der Waals surface area contributed by atoms with Gasteiger partial charge in [0.25, 0.3) is 0 Å². The van der Waals surface area contributed by atoms with Crippen LogP contribution in [0.4, 0.5) is 0 Å². The van der Waals surface area contributed by atoms with Gasteiger partial charge >= 0.3 is 5.63 Å². The average molecular weight is 557 g/mol. The average Bonchev–Trinajstić information content (AvgIpc) is 2.92. The van der Waals surface area contributed by atoms with Crippen LogP contribution in [0.2, 0.25) is 0 Å². The van der Waals surface area contributed by atoms with Gasteiger partial charge in [0.1, 0.15) is 28.5 Å². The lowest BCUT2D eigenvalue weighted by atomic mass is 9.41. The monoisotopic (exact) mass is 556 g/mol. The first-order valence-electron chi connectivity index (χ1n) is 13.1. The zero-order chi connectivity index (χ0) is 29.5. The molecular formula is C30H36O10. The Morgan fingerprint density at radius 1 is 0.825 bits per heavy atom. The van der Waals surface area contributed by atoms with Crippen molar-refractivity contribution in [2.75, 3.05) is 28.4 Å². The highest BCUT2D eigenvalue weighted by atomic mass is 16.5. The van der Waals surface area contributed by atoms with Crippen LogP contribution in [0.3, 0.4) is 0 Å². The van der Waals surface area contributed by atoms with E-state index in [0.29, 0.717) is 28.6 Å². The van der Waals surface area contributed by atoms with E-state index in [1.807, 2.05) is 0 Å². The molecule has 0 amide bonds. The summed E-state index contributed by atoms with van der Waals surface area (Å²) in [5.41, 5.74) is -7.86. The topological polar surface area (TPSA) is 134 Å². The highest BCUT2D eigenvalue weighted by Gasteiger charge is 2.79. The molecule has 0 unspecified atom stereocenters. The lowest BCUT2D eigenvalue weighted by Crippen LogP contribution is -2.82. The van der Waals surface area contributed by atoms with Gasteiger partial charge in [0.15, 0.2) is 17.3 Å². The second-order valence-corrected chi connectivity index (χ2v) is 11.7. The largest absolute Gasteiger partial charge is 0.500 e. The Labute approximate surface area is 232 Å². The van der Waals surface area contributed by atoms with E-state index in [-0.39, 0.29) is 36.3 Å². The second kappa shape index (κ2) is 8.75. The van der Waals surface area contributed by atoms with Gasteiger partial charge in [0.05, 0.1) is 50.4 Å². The predicted molar refractivity (Wildman–Crippen MR) is 144 cm³/mol. The van der Waals surface area contributed by atoms with Crippen LogP contribution in [-0.4, -0.2) is 61.2 Å². The molecule has 5 rings (SSSR count). The molecule has 3 aliphatic rings. The second-order valence-electron chi connectivity index (χ2n) is 11.7. The van der Waals surface area contributed by atoms with Gasteiger partial charge in [-0.2, -0.15) is 0 Å². The molecule has 10 nitrogen and oxygen atoms in total. The normalized spacial score (nSPS) is 32.0. The van der Waals surface area contributed by atoms with Crippen molar-refractivity contribution in [2.45, 2.75) is 63.8 Å². The maximum atomic E-state index is 13.8. The summed E-state index contributed by atoms with van der Waals surface area (Å²) >= 11 is 0. The van der Waals surface area contributed by atoms with Gasteiger partial charge in [-0.05, 0) is 52.7 Å². The van der Waals surface area contributed by atoms with Gasteiger partial charge in [-0.25, -0.2) is 4.79 Å². The van der Waals surface area contributed by atoms with Crippen molar-refractivity contribution in [1.29, 1.82) is 0 Å². The SMILES string of the molecule is COC1=CC(=O)[C@]2(C)[C@@]3(O)Cc4c(cc(-c5cc(OC)c(OC)c(OC)c5)oc4=O)O[C@]3(C)CC[C@@]2(O)C1(C)C. The summed E-state index contributed by atoms with van der Waals surface area (Å²) in [5.74, 6) is 1.40. The van der Waals surface area contributed by atoms with Crippen LogP contribution in [0.5, 0.6) is 23.0 Å². The number of rotatable bonds is 5. The predicted octanol–water partition coefficient (Wildman–Crippen LogP) is 3.43. The van der Waals surface area contributed by atoms with Crippen molar-refractivity contribution in [1.82, 2.24) is 0 Å². The van der Waals surface area contributed by atoms with Gasteiger partial charge in [-0.15, -0.1) is 0 Å². The Morgan fingerprint density at radius 3 is 2.00 bits per heavy atom. The van der Waals surface area contributed by atoms with Crippen LogP contribution < -0.4 is 24.6 Å². The number of fused-ring (bicyclic) bond motifs is 4. The summed E-state index contributed by atoms with van der Waals surface area (Å²) < 4.78 is 33.9. The molecule has 10 heteroatoms. The molecule has 40 heavy (non-hydrogen) atoms. The van der Waals surface area contributed by atoms with Crippen LogP contribution in [0.15, 0.2) is 39.2 Å². The fourth-order valence-electron chi connectivity index (χ4n) is 7.17. The van der Waals surface area contributed by atoms with Crippen molar-refractivity contribution in [3.63, 3.8) is 0 Å². The van der Waals surface area contributed by atoms with Crippen LogP contribution >= 0.6 is 0 Å². The molecule has 0 saturated heterocycles. The number of benzene rings is 1. The molecule has 216 valence electrons. The summed E-state index contributed by atoms with van der Waals surface area (Å²) in [6.07, 6.45) is 1.44. The van der Waals surface area contributed by atoms with E-state index >= 15 is 0 Å². The molecule has 2 heterocycles. The van der Waals surface area contributed by atoms with Crippen LogP contribution in [-0.2, 0) is 16.0 Å². The lowest BCUT2D eigenvalue weighted by Gasteiger charge is -2.68. The molecule has 1 aromatic carbocycles. The Bertz CT molecular complexity index is 1460. The molecule has 1 aromatic heterocycles. The van der Waals surface area contributed by atoms with Gasteiger partial charge in [-0.1, -0.05) is 0 Å². The van der Waals surface area contributed by atoms with E-state index in [2.05, 4.69) is 0 Å².